The van der Waals surface area contributed by atoms with Crippen molar-refractivity contribution in [2.45, 2.75) is 19.4 Å². The zero-order valence-corrected chi connectivity index (χ0v) is 14.6. The first kappa shape index (κ1) is 18.4. The summed E-state index contributed by atoms with van der Waals surface area (Å²) in [6.45, 7) is 2.25. The Balaban J connectivity index is 2.00. The van der Waals surface area contributed by atoms with Gasteiger partial charge in [-0.3, -0.25) is 19.7 Å². The summed E-state index contributed by atoms with van der Waals surface area (Å²) in [7, 11) is 0. The fourth-order valence-corrected chi connectivity index (χ4v) is 3.25. The molecule has 1 aliphatic heterocycles. The predicted octanol–water partition coefficient (Wildman–Crippen LogP) is 2.82. The van der Waals surface area contributed by atoms with Gasteiger partial charge in [0, 0.05) is 19.2 Å². The van der Waals surface area contributed by atoms with Crippen LogP contribution in [0.3, 0.4) is 0 Å². The van der Waals surface area contributed by atoms with E-state index >= 15 is 0 Å². The number of carbonyl (C=O) groups is 2. The van der Waals surface area contributed by atoms with Crippen molar-refractivity contribution in [3.05, 3.63) is 69.3 Å². The van der Waals surface area contributed by atoms with E-state index in [9.17, 15) is 24.8 Å². The third-order valence-corrected chi connectivity index (χ3v) is 4.49. The van der Waals surface area contributed by atoms with Crippen LogP contribution < -0.4 is 4.74 Å². The lowest BCUT2D eigenvalue weighted by Crippen LogP contribution is -2.40. The average Bonchev–Trinajstić information content (AvgIpc) is 2.66. The minimum absolute atomic E-state index is 0.0544. The Hall–Kier alpha value is -3.42. The molecule has 0 bridgehead atoms. The maximum absolute atomic E-state index is 13.0. The first-order valence-electron chi connectivity index (χ1n) is 8.43. The molecule has 1 amide bonds. The molecule has 1 unspecified atom stereocenters. The Morgan fingerprint density at radius 2 is 2.04 bits per heavy atom. The fourth-order valence-electron chi connectivity index (χ4n) is 3.25. The van der Waals surface area contributed by atoms with Gasteiger partial charge in [0.15, 0.2) is 0 Å². The van der Waals surface area contributed by atoms with Crippen LogP contribution in [0.5, 0.6) is 5.75 Å². The van der Waals surface area contributed by atoms with Crippen LogP contribution in [-0.4, -0.2) is 40.0 Å². The Bertz CT molecular complexity index is 911. The molecule has 0 aliphatic carbocycles. The number of benzene rings is 2. The Morgan fingerprint density at radius 3 is 2.70 bits per heavy atom. The first-order chi connectivity index (χ1) is 12.9. The number of hydrogen-bond acceptors (Lipinski definition) is 5. The number of carboxylic acids is 1. The van der Waals surface area contributed by atoms with E-state index in [1.165, 1.54) is 23.1 Å². The monoisotopic (exact) mass is 370 g/mol. The van der Waals surface area contributed by atoms with Crippen LogP contribution in [0.25, 0.3) is 0 Å². The standard InChI is InChI=1S/C19H18N2O6/c1-2-27-13-7-8-17(21(25)26)15(9-13)18(22)20-10-12-5-3-4-6-14(12)16(11-20)19(23)24/h3-9,16H,2,10-11H2,1H3,(H,23,24). The van der Waals surface area contributed by atoms with Crippen LogP contribution in [0.4, 0.5) is 5.69 Å². The van der Waals surface area contributed by atoms with Crippen molar-refractivity contribution in [3.63, 3.8) is 0 Å². The van der Waals surface area contributed by atoms with E-state index in [0.717, 1.165) is 0 Å². The molecule has 0 saturated heterocycles. The minimum Gasteiger partial charge on any atom is -0.494 e. The number of hydrogen-bond donors (Lipinski definition) is 1. The van der Waals surface area contributed by atoms with Crippen molar-refractivity contribution in [1.82, 2.24) is 4.90 Å². The molecule has 140 valence electrons. The number of amides is 1. The molecule has 1 atom stereocenters. The van der Waals surface area contributed by atoms with E-state index in [0.29, 0.717) is 23.5 Å². The second kappa shape index (κ2) is 7.45. The van der Waals surface area contributed by atoms with Crippen LogP contribution in [0, 0.1) is 10.1 Å². The van der Waals surface area contributed by atoms with Crippen LogP contribution >= 0.6 is 0 Å². The van der Waals surface area contributed by atoms with Gasteiger partial charge < -0.3 is 14.7 Å². The molecule has 1 heterocycles. The molecule has 1 N–H and O–H groups in total. The maximum atomic E-state index is 13.0. The van der Waals surface area contributed by atoms with Crippen LogP contribution in [-0.2, 0) is 11.3 Å². The zero-order valence-electron chi connectivity index (χ0n) is 14.6. The van der Waals surface area contributed by atoms with Crippen LogP contribution in [0.15, 0.2) is 42.5 Å². The molecule has 0 saturated carbocycles. The third-order valence-electron chi connectivity index (χ3n) is 4.49. The summed E-state index contributed by atoms with van der Waals surface area (Å²) >= 11 is 0. The summed E-state index contributed by atoms with van der Waals surface area (Å²) in [5.74, 6) is -2.17. The SMILES string of the molecule is CCOc1ccc([N+](=O)[O-])c(C(=O)N2Cc3ccccc3C(C(=O)O)C2)c1. The number of ether oxygens (including phenoxy) is 1. The predicted molar refractivity (Wildman–Crippen MR) is 95.8 cm³/mol. The number of nitrogens with zero attached hydrogens (tertiary/aromatic N) is 2. The number of carboxylic acid groups (broad SMARTS) is 1. The van der Waals surface area contributed by atoms with Crippen molar-refractivity contribution >= 4 is 17.6 Å². The van der Waals surface area contributed by atoms with Crippen molar-refractivity contribution < 1.29 is 24.4 Å². The van der Waals surface area contributed by atoms with Gasteiger partial charge in [0.05, 0.1) is 17.4 Å². The van der Waals surface area contributed by atoms with Crippen molar-refractivity contribution in [3.8, 4) is 5.75 Å². The lowest BCUT2D eigenvalue weighted by Gasteiger charge is -2.32. The van der Waals surface area contributed by atoms with Gasteiger partial charge in [0.2, 0.25) is 0 Å². The van der Waals surface area contributed by atoms with Gasteiger partial charge in [0.1, 0.15) is 11.3 Å². The van der Waals surface area contributed by atoms with Gasteiger partial charge in [-0.05, 0) is 30.2 Å². The Morgan fingerprint density at radius 1 is 1.30 bits per heavy atom. The number of nitro groups is 1. The molecule has 8 heteroatoms. The van der Waals surface area contributed by atoms with Gasteiger partial charge >= 0.3 is 5.97 Å². The minimum atomic E-state index is -1.04. The van der Waals surface area contributed by atoms with E-state index in [1.54, 1.807) is 31.2 Å². The molecule has 3 rings (SSSR count). The third kappa shape index (κ3) is 3.59. The van der Waals surface area contributed by atoms with Crippen molar-refractivity contribution in [1.29, 1.82) is 0 Å². The molecule has 0 aromatic heterocycles. The molecule has 2 aromatic rings. The maximum Gasteiger partial charge on any atom is 0.312 e. The highest BCUT2D eigenvalue weighted by atomic mass is 16.6. The summed E-state index contributed by atoms with van der Waals surface area (Å²) in [5, 5.41) is 20.9. The number of rotatable bonds is 5. The molecule has 8 nitrogen and oxygen atoms in total. The molecule has 0 spiro atoms. The Kier molecular flexibility index (Phi) is 5.07. The van der Waals surface area contributed by atoms with Gasteiger partial charge in [0.25, 0.3) is 11.6 Å². The number of fused-ring (bicyclic) bond motifs is 1. The largest absolute Gasteiger partial charge is 0.494 e. The van der Waals surface area contributed by atoms with E-state index < -0.39 is 22.7 Å². The van der Waals surface area contributed by atoms with Crippen molar-refractivity contribution in [2.24, 2.45) is 0 Å². The quantitative estimate of drug-likeness (QED) is 0.640. The molecule has 0 radical (unpaired) electrons. The summed E-state index contributed by atoms with van der Waals surface area (Å²) in [5.41, 5.74) is 0.920. The zero-order chi connectivity index (χ0) is 19.6. The molecule has 1 aliphatic rings. The van der Waals surface area contributed by atoms with Gasteiger partial charge in [-0.25, -0.2) is 0 Å². The normalized spacial score (nSPS) is 15.7. The highest BCUT2D eigenvalue weighted by molar-refractivity contribution is 5.99. The summed E-state index contributed by atoms with van der Waals surface area (Å²) < 4.78 is 5.35. The first-order valence-corrected chi connectivity index (χ1v) is 8.43. The van der Waals surface area contributed by atoms with Crippen LogP contribution in [0.2, 0.25) is 0 Å². The second-order valence-corrected chi connectivity index (χ2v) is 6.14. The number of carbonyl (C=O) groups excluding carboxylic acids is 1. The molecular formula is C19H18N2O6. The van der Waals surface area contributed by atoms with Crippen molar-refractivity contribution in [2.75, 3.05) is 13.2 Å². The molecule has 2 aromatic carbocycles. The van der Waals surface area contributed by atoms with E-state index in [-0.39, 0.29) is 24.3 Å². The van der Waals surface area contributed by atoms with E-state index in [1.807, 2.05) is 0 Å². The highest BCUT2D eigenvalue weighted by Gasteiger charge is 2.34. The molecule has 0 fully saturated rings. The summed E-state index contributed by atoms with van der Waals surface area (Å²) in [4.78, 5) is 36.8. The van der Waals surface area contributed by atoms with E-state index in [2.05, 4.69) is 0 Å². The number of aliphatic carboxylic acids is 1. The fraction of sp³-hybridized carbons (Fsp3) is 0.263. The van der Waals surface area contributed by atoms with Gasteiger partial charge in [-0.1, -0.05) is 24.3 Å². The highest BCUT2D eigenvalue weighted by Crippen LogP contribution is 2.32. The lowest BCUT2D eigenvalue weighted by molar-refractivity contribution is -0.385. The number of nitro benzene ring substituents is 1. The topological polar surface area (TPSA) is 110 Å². The second-order valence-electron chi connectivity index (χ2n) is 6.14. The lowest BCUT2D eigenvalue weighted by atomic mass is 9.89. The van der Waals surface area contributed by atoms with Gasteiger partial charge in [-0.15, -0.1) is 0 Å². The van der Waals surface area contributed by atoms with Crippen LogP contribution in [0.1, 0.15) is 34.3 Å². The average molecular weight is 370 g/mol. The van der Waals surface area contributed by atoms with E-state index in [4.69, 9.17) is 4.74 Å². The van der Waals surface area contributed by atoms with Gasteiger partial charge in [-0.2, -0.15) is 0 Å². The smallest absolute Gasteiger partial charge is 0.312 e. The summed E-state index contributed by atoms with van der Waals surface area (Å²) in [6, 6.07) is 11.0. The molecular weight excluding hydrogens is 352 g/mol. The Labute approximate surface area is 155 Å². The molecule has 27 heavy (non-hydrogen) atoms. The summed E-state index contributed by atoms with van der Waals surface area (Å²) in [6.07, 6.45) is 0.